The first-order valence-corrected chi connectivity index (χ1v) is 18.4. The number of nitrogens with one attached hydrogen (secondary N) is 3. The number of halogens is 10. The Morgan fingerprint density at radius 2 is 1.52 bits per heavy atom. The monoisotopic (exact) mass is 878 g/mol. The summed E-state index contributed by atoms with van der Waals surface area (Å²) in [6, 6.07) is 14.6. The van der Waals surface area contributed by atoms with Crippen molar-refractivity contribution in [2.24, 2.45) is 5.92 Å². The number of pyridine rings is 1. The molecule has 0 spiro atoms. The summed E-state index contributed by atoms with van der Waals surface area (Å²) in [6.07, 6.45) is 1.45. The predicted molar refractivity (Wildman–Crippen MR) is 188 cm³/mol. The highest BCUT2D eigenvalue weighted by molar-refractivity contribution is 6.31. The SMILES string of the molecule is Nc1c2c([nH+]c3cc(Cl)ccc13)CC1C=C(CCCC[n+]3cc(CC[NH+]4C=Cc5ccccc54)n[nH]3)CC2C1.O=C([O-])C(F)(F)F.O=C([O-])C(F)(F)F.O=C([O-])C(F)(F)F. The number of unbranched alkanes of at least 4 members (excludes halogenated alkanes) is 1. The number of carbonyl (C=O) groups is 3. The second-order valence-corrected chi connectivity index (χ2v) is 14.3. The van der Waals surface area contributed by atoms with Crippen molar-refractivity contribution in [3.63, 3.8) is 0 Å². The van der Waals surface area contributed by atoms with Crippen LogP contribution >= 0.6 is 11.6 Å². The van der Waals surface area contributed by atoms with Gasteiger partial charge in [0.1, 0.15) is 36.3 Å². The molecule has 0 fully saturated rings. The number of hydrogen-bond acceptors (Lipinski definition) is 8. The van der Waals surface area contributed by atoms with Crippen LogP contribution < -0.4 is 35.6 Å². The van der Waals surface area contributed by atoms with Crippen molar-refractivity contribution in [2.45, 2.75) is 75.9 Å². The van der Waals surface area contributed by atoms with Gasteiger partial charge in [-0.3, -0.25) is 4.90 Å². The fourth-order valence-corrected chi connectivity index (χ4v) is 7.17. The van der Waals surface area contributed by atoms with Gasteiger partial charge in [-0.15, -0.1) is 0 Å². The summed E-state index contributed by atoms with van der Waals surface area (Å²) in [5, 5.41) is 36.0. The first-order chi connectivity index (χ1) is 27.9. The number of carboxylic acids is 3. The van der Waals surface area contributed by atoms with E-state index in [1.54, 1.807) is 5.57 Å². The molecule has 0 amide bonds. The van der Waals surface area contributed by atoms with Gasteiger partial charge in [0.05, 0.1) is 24.0 Å². The summed E-state index contributed by atoms with van der Waals surface area (Å²) in [7, 11) is 0. The van der Waals surface area contributed by atoms with E-state index in [1.807, 2.05) is 12.1 Å². The highest BCUT2D eigenvalue weighted by Crippen LogP contribution is 2.46. The number of carboxylic acid groups (broad SMARTS) is 3. The summed E-state index contributed by atoms with van der Waals surface area (Å²) in [4.78, 5) is 31.4. The van der Waals surface area contributed by atoms with E-state index >= 15 is 0 Å². The van der Waals surface area contributed by atoms with Gasteiger partial charge in [0, 0.05) is 45.9 Å². The number of aromatic amines is 2. The highest BCUT2D eigenvalue weighted by atomic mass is 35.5. The number of carbonyl (C=O) groups excluding carboxylic acids is 3. The van der Waals surface area contributed by atoms with Crippen LogP contribution in [0.2, 0.25) is 5.02 Å². The Morgan fingerprint density at radius 3 is 2.13 bits per heavy atom. The summed E-state index contributed by atoms with van der Waals surface area (Å²) < 4.78 is 96.8. The van der Waals surface area contributed by atoms with Crippen LogP contribution in [0.25, 0.3) is 17.0 Å². The lowest BCUT2D eigenvalue weighted by molar-refractivity contribution is -0.771. The molecule has 7 rings (SSSR count). The number of nitrogens with zero attached hydrogens (tertiary/aromatic N) is 2. The third-order valence-corrected chi connectivity index (χ3v) is 9.74. The third kappa shape index (κ3) is 13.2. The molecule has 12 nitrogen and oxygen atoms in total. The van der Waals surface area contributed by atoms with Gasteiger partial charge in [-0.1, -0.05) is 40.6 Å². The minimum absolute atomic E-state index is 0.513. The second-order valence-electron chi connectivity index (χ2n) is 13.8. The summed E-state index contributed by atoms with van der Waals surface area (Å²) in [5.74, 6) is -7.91. The predicted octanol–water partition coefficient (Wildman–Crippen LogP) is 2.39. The molecule has 3 atom stereocenters. The Labute approximate surface area is 339 Å². The molecule has 324 valence electrons. The van der Waals surface area contributed by atoms with Gasteiger partial charge in [-0.2, -0.15) is 44.2 Å². The Kier molecular flexibility index (Phi) is 15.3. The zero-order valence-corrected chi connectivity index (χ0v) is 31.8. The highest BCUT2D eigenvalue weighted by Gasteiger charge is 2.37. The molecule has 2 aromatic carbocycles. The summed E-state index contributed by atoms with van der Waals surface area (Å²) in [6.45, 7) is 2.00. The molecule has 3 heterocycles. The average molecular weight is 879 g/mol. The van der Waals surface area contributed by atoms with Crippen LogP contribution in [0.15, 0.2) is 66.5 Å². The van der Waals surface area contributed by atoms with Crippen LogP contribution in [0.5, 0.6) is 0 Å². The van der Waals surface area contributed by atoms with Gasteiger partial charge in [0.25, 0.3) is 0 Å². The van der Waals surface area contributed by atoms with Gasteiger partial charge < -0.3 is 35.4 Å². The van der Waals surface area contributed by atoms with E-state index < -0.39 is 36.4 Å². The van der Waals surface area contributed by atoms with Crippen LogP contribution in [-0.4, -0.2) is 53.3 Å². The van der Waals surface area contributed by atoms with Crippen LogP contribution in [0.3, 0.4) is 0 Å². The quantitative estimate of drug-likeness (QED) is 0.104. The van der Waals surface area contributed by atoms with E-state index in [-0.39, 0.29) is 0 Å². The topological polar surface area (TPSA) is 198 Å². The molecule has 1 aliphatic heterocycles. The maximum Gasteiger partial charge on any atom is 0.430 e. The van der Waals surface area contributed by atoms with Crippen molar-refractivity contribution < 1.29 is 83.8 Å². The van der Waals surface area contributed by atoms with Crippen molar-refractivity contribution in [2.75, 3.05) is 12.3 Å². The number of H-pyrrole nitrogens is 2. The number of aromatic nitrogens is 4. The Bertz CT molecular complexity index is 2180. The average Bonchev–Trinajstić information content (AvgIpc) is 3.78. The molecule has 60 heavy (non-hydrogen) atoms. The lowest BCUT2D eigenvalue weighted by atomic mass is 9.70. The van der Waals surface area contributed by atoms with E-state index in [0.29, 0.717) is 11.8 Å². The van der Waals surface area contributed by atoms with Crippen molar-refractivity contribution in [3.8, 4) is 0 Å². The van der Waals surface area contributed by atoms with Gasteiger partial charge in [0.2, 0.25) is 11.2 Å². The Morgan fingerprint density at radius 1 is 0.900 bits per heavy atom. The molecule has 4 aromatic rings. The third-order valence-electron chi connectivity index (χ3n) is 9.50. The van der Waals surface area contributed by atoms with Gasteiger partial charge in [-0.25, -0.2) is 4.98 Å². The van der Waals surface area contributed by atoms with Gasteiger partial charge in [0.15, 0.2) is 11.9 Å². The van der Waals surface area contributed by atoms with Crippen LogP contribution in [0.4, 0.5) is 50.9 Å². The second kappa shape index (κ2) is 19.6. The van der Waals surface area contributed by atoms with Crippen molar-refractivity contribution >= 4 is 57.9 Å². The lowest BCUT2D eigenvalue weighted by Gasteiger charge is -2.34. The number of allylic oxidation sites excluding steroid dienone is 2. The number of benzene rings is 2. The minimum Gasteiger partial charge on any atom is -0.542 e. The van der Waals surface area contributed by atoms with Crippen molar-refractivity contribution in [1.82, 2.24) is 10.3 Å². The van der Waals surface area contributed by atoms with Crippen LogP contribution in [0, 0.1) is 5.92 Å². The van der Waals surface area contributed by atoms with E-state index in [0.717, 1.165) is 66.1 Å². The number of aliphatic carboxylic acids is 3. The molecule has 5 N–H and O–H groups in total. The first-order valence-electron chi connectivity index (χ1n) is 18.0. The standard InChI is InChI=1S/C32H33ClN6.3C2HF3O2/c33-25-8-9-27-28(19-25)35-29-18-22-15-21(16-24(17-22)31(29)32(27)34)5-3-4-12-39-20-26(36-37-39)11-14-38-13-10-23-6-1-2-7-30(23)38;3*3-2(4,5)1(6)7/h1-2,6-10,13,15,19-20,22,24H,3-5,11-12,14,16-18H2,(H2,34,35);3*(H,6,7). The maximum atomic E-state index is 10.5. The normalized spacial score (nSPS) is 17.7. The van der Waals surface area contributed by atoms with E-state index in [9.17, 15) is 39.5 Å². The van der Waals surface area contributed by atoms with Crippen molar-refractivity contribution in [3.05, 3.63) is 94.0 Å². The Hall–Kier alpha value is -5.70. The number of nitrogen functional groups attached to an aromatic ring is 1. The molecule has 22 heteroatoms. The summed E-state index contributed by atoms with van der Waals surface area (Å²) >= 11 is 6.24. The molecule has 2 bridgehead atoms. The van der Waals surface area contributed by atoms with E-state index in [4.69, 9.17) is 47.0 Å². The van der Waals surface area contributed by atoms with Crippen LogP contribution in [0.1, 0.15) is 60.5 Å². The smallest absolute Gasteiger partial charge is 0.430 e. The largest absolute Gasteiger partial charge is 0.542 e. The molecular formula is C38H36ClF9N6O6. The van der Waals surface area contributed by atoms with E-state index in [1.165, 1.54) is 46.7 Å². The van der Waals surface area contributed by atoms with Crippen molar-refractivity contribution in [1.29, 1.82) is 0 Å². The molecule has 2 aliphatic carbocycles. The number of rotatable bonds is 8. The molecule has 2 aromatic heterocycles. The van der Waals surface area contributed by atoms with E-state index in [2.05, 4.69) is 74.9 Å². The maximum absolute atomic E-state index is 10.5. The number of quaternary nitrogens is 1. The molecule has 3 aliphatic rings. The zero-order valence-electron chi connectivity index (χ0n) is 31.1. The molecule has 0 saturated heterocycles. The molecule has 0 saturated carbocycles. The molecular weight excluding hydrogens is 843 g/mol. The fourth-order valence-electron chi connectivity index (χ4n) is 6.99. The zero-order chi connectivity index (χ0) is 44.6. The summed E-state index contributed by atoms with van der Waals surface area (Å²) in [5.41, 5.74) is 16.8. The minimum atomic E-state index is -5.19. The number of alkyl halides is 9. The molecule has 0 radical (unpaired) electrons. The number of para-hydroxylation sites is 1. The number of anilines is 1. The van der Waals surface area contributed by atoms with Gasteiger partial charge >= 0.3 is 18.5 Å². The number of nitrogens with two attached hydrogens (primary N) is 1. The number of hydrogen-bond donors (Lipinski definition) is 3. The Balaban J connectivity index is 0.000000313. The fraction of sp³-hybridized carbons (Fsp3) is 0.368. The first kappa shape index (κ1) is 47.0. The molecule has 3 unspecified atom stereocenters. The van der Waals surface area contributed by atoms with Crippen LogP contribution in [-0.2, 0) is 33.8 Å². The lowest BCUT2D eigenvalue weighted by Crippen LogP contribution is -3.01. The number of aryl methyl sites for hydroxylation is 1. The van der Waals surface area contributed by atoms with Gasteiger partial charge in [-0.05, 0) is 62.1 Å². The number of fused-ring (bicyclic) bond motifs is 6.